The number of aromatic nitrogens is 2. The first-order chi connectivity index (χ1) is 17.2. The summed E-state index contributed by atoms with van der Waals surface area (Å²) in [6.07, 6.45) is 0.534. The van der Waals surface area contributed by atoms with Gasteiger partial charge in [0.05, 0.1) is 35.5 Å². The number of carboxylic acid groups (broad SMARTS) is 1. The molecule has 3 N–H and O–H groups in total. The van der Waals surface area contributed by atoms with Crippen LogP contribution in [0.1, 0.15) is 43.7 Å². The lowest BCUT2D eigenvalue weighted by molar-refractivity contribution is -0.139. The Bertz CT molecular complexity index is 1380. The van der Waals surface area contributed by atoms with Crippen LogP contribution in [0.2, 0.25) is 0 Å². The van der Waals surface area contributed by atoms with Crippen LogP contribution in [0.4, 0.5) is 4.39 Å². The fourth-order valence-electron chi connectivity index (χ4n) is 4.43. The van der Waals surface area contributed by atoms with Crippen LogP contribution in [0.5, 0.6) is 0 Å². The predicted octanol–water partition coefficient (Wildman–Crippen LogP) is 5.53. The SMILES string of the molecule is CC(C)c1c(/C=C/C(O)CC(O)CC(=O)O)c(-c2ccc(F)cc2)nn2c(-c3ccccc3)ccc12. The van der Waals surface area contributed by atoms with E-state index < -0.39 is 24.6 Å². The van der Waals surface area contributed by atoms with Crippen molar-refractivity contribution in [2.24, 2.45) is 0 Å². The molecule has 186 valence electrons. The van der Waals surface area contributed by atoms with Crippen LogP contribution in [0.15, 0.2) is 72.8 Å². The number of rotatable bonds is 9. The molecule has 2 aromatic carbocycles. The van der Waals surface area contributed by atoms with E-state index in [9.17, 15) is 19.4 Å². The first-order valence-electron chi connectivity index (χ1n) is 11.9. The Morgan fingerprint density at radius 2 is 1.69 bits per heavy atom. The van der Waals surface area contributed by atoms with Gasteiger partial charge in [0.15, 0.2) is 0 Å². The molecule has 2 atom stereocenters. The number of halogens is 1. The van der Waals surface area contributed by atoms with Crippen LogP contribution in [0, 0.1) is 5.82 Å². The van der Waals surface area contributed by atoms with Crippen molar-refractivity contribution in [3.8, 4) is 22.5 Å². The molecule has 0 fully saturated rings. The van der Waals surface area contributed by atoms with Gasteiger partial charge >= 0.3 is 5.97 Å². The molecule has 6 nitrogen and oxygen atoms in total. The minimum Gasteiger partial charge on any atom is -0.481 e. The van der Waals surface area contributed by atoms with Crippen molar-refractivity contribution in [3.05, 3.63) is 89.8 Å². The van der Waals surface area contributed by atoms with E-state index in [4.69, 9.17) is 10.2 Å². The zero-order chi connectivity index (χ0) is 25.8. The van der Waals surface area contributed by atoms with Gasteiger partial charge in [-0.25, -0.2) is 8.91 Å². The van der Waals surface area contributed by atoms with E-state index in [0.29, 0.717) is 11.3 Å². The predicted molar refractivity (Wildman–Crippen MR) is 138 cm³/mol. The van der Waals surface area contributed by atoms with Gasteiger partial charge in [0, 0.05) is 23.1 Å². The van der Waals surface area contributed by atoms with Crippen molar-refractivity contribution in [1.29, 1.82) is 0 Å². The summed E-state index contributed by atoms with van der Waals surface area (Å²) in [7, 11) is 0. The third-order valence-corrected chi connectivity index (χ3v) is 6.05. The lowest BCUT2D eigenvalue weighted by Crippen LogP contribution is -2.19. The molecule has 0 spiro atoms. The number of carbonyl (C=O) groups is 1. The smallest absolute Gasteiger partial charge is 0.305 e. The van der Waals surface area contributed by atoms with Crippen LogP contribution < -0.4 is 0 Å². The van der Waals surface area contributed by atoms with E-state index in [1.54, 1.807) is 24.3 Å². The number of nitrogens with zero attached hydrogens (tertiary/aromatic N) is 2. The second-order valence-corrected chi connectivity index (χ2v) is 9.13. The lowest BCUT2D eigenvalue weighted by atomic mass is 9.93. The van der Waals surface area contributed by atoms with E-state index in [2.05, 4.69) is 13.8 Å². The van der Waals surface area contributed by atoms with E-state index in [0.717, 1.165) is 27.9 Å². The minimum absolute atomic E-state index is 0.0858. The molecule has 0 amide bonds. The molecule has 0 bridgehead atoms. The largest absolute Gasteiger partial charge is 0.481 e. The van der Waals surface area contributed by atoms with Gasteiger partial charge in [-0.05, 0) is 47.9 Å². The summed E-state index contributed by atoms with van der Waals surface area (Å²) in [5.41, 5.74) is 5.95. The van der Waals surface area contributed by atoms with E-state index >= 15 is 0 Å². The maximum absolute atomic E-state index is 13.7. The number of benzene rings is 2. The number of aliphatic hydroxyl groups excluding tert-OH is 2. The Morgan fingerprint density at radius 3 is 2.33 bits per heavy atom. The molecule has 0 aliphatic rings. The molecule has 2 heterocycles. The van der Waals surface area contributed by atoms with Crippen LogP contribution in [-0.2, 0) is 4.79 Å². The standard InChI is InChI=1S/C29H29FN2O4/c1-18(2)28-24(13-12-22(33)16-23(34)17-27(35)36)29(20-8-10-21(30)11-9-20)31-32-25(14-15-26(28)32)19-6-4-3-5-7-19/h3-15,18,22-23,33-34H,16-17H2,1-2H3,(H,35,36)/b13-12+. The summed E-state index contributed by atoms with van der Waals surface area (Å²) in [6, 6.07) is 20.1. The van der Waals surface area contributed by atoms with Crippen LogP contribution in [-0.4, -0.2) is 43.1 Å². The highest BCUT2D eigenvalue weighted by Gasteiger charge is 2.21. The molecule has 0 aliphatic carbocycles. The fourth-order valence-corrected chi connectivity index (χ4v) is 4.43. The summed E-state index contributed by atoms with van der Waals surface area (Å²) in [5.74, 6) is -1.39. The Hall–Kier alpha value is -3.81. The zero-order valence-corrected chi connectivity index (χ0v) is 20.2. The van der Waals surface area contributed by atoms with Crippen molar-refractivity contribution >= 4 is 17.6 Å². The van der Waals surface area contributed by atoms with E-state index in [-0.39, 0.29) is 18.2 Å². The van der Waals surface area contributed by atoms with Crippen molar-refractivity contribution in [2.45, 2.75) is 44.8 Å². The van der Waals surface area contributed by atoms with Crippen LogP contribution >= 0.6 is 0 Å². The average molecular weight is 489 g/mol. The molecule has 4 rings (SSSR count). The zero-order valence-electron chi connectivity index (χ0n) is 20.2. The van der Waals surface area contributed by atoms with Crippen molar-refractivity contribution < 1.29 is 24.5 Å². The molecule has 0 radical (unpaired) electrons. The van der Waals surface area contributed by atoms with Gasteiger partial charge in [-0.1, -0.05) is 56.3 Å². The first kappa shape index (κ1) is 25.3. The number of hydrogen-bond acceptors (Lipinski definition) is 4. The van der Waals surface area contributed by atoms with Gasteiger partial charge < -0.3 is 15.3 Å². The maximum Gasteiger partial charge on any atom is 0.305 e. The average Bonchev–Trinajstić information content (AvgIpc) is 3.25. The summed E-state index contributed by atoms with van der Waals surface area (Å²) in [4.78, 5) is 10.8. The third kappa shape index (κ3) is 5.53. The van der Waals surface area contributed by atoms with Gasteiger partial charge in [0.1, 0.15) is 5.82 Å². The van der Waals surface area contributed by atoms with Crippen LogP contribution in [0.25, 0.3) is 34.1 Å². The van der Waals surface area contributed by atoms with Gasteiger partial charge in [-0.2, -0.15) is 5.10 Å². The van der Waals surface area contributed by atoms with Gasteiger partial charge in [-0.15, -0.1) is 0 Å². The highest BCUT2D eigenvalue weighted by Crippen LogP contribution is 2.35. The Kier molecular flexibility index (Phi) is 7.62. The topological polar surface area (TPSA) is 95.1 Å². The second-order valence-electron chi connectivity index (χ2n) is 9.13. The number of fused-ring (bicyclic) bond motifs is 1. The molecule has 2 aromatic heterocycles. The molecule has 36 heavy (non-hydrogen) atoms. The third-order valence-electron chi connectivity index (χ3n) is 6.05. The maximum atomic E-state index is 13.7. The lowest BCUT2D eigenvalue weighted by Gasteiger charge is -2.18. The Labute approximate surface area is 209 Å². The van der Waals surface area contributed by atoms with Crippen molar-refractivity contribution in [1.82, 2.24) is 9.61 Å². The highest BCUT2D eigenvalue weighted by atomic mass is 19.1. The molecular weight excluding hydrogens is 459 g/mol. The normalized spacial score (nSPS) is 13.5. The molecule has 0 saturated carbocycles. The quantitative estimate of drug-likeness (QED) is 0.288. The number of aliphatic carboxylic acids is 1. The monoisotopic (exact) mass is 488 g/mol. The summed E-state index contributed by atoms with van der Waals surface area (Å²) >= 11 is 0. The fraction of sp³-hybridized carbons (Fsp3) is 0.241. The summed E-state index contributed by atoms with van der Waals surface area (Å²) in [6.45, 7) is 4.15. The molecular formula is C29H29FN2O4. The van der Waals surface area contributed by atoms with Crippen molar-refractivity contribution in [3.63, 3.8) is 0 Å². The van der Waals surface area contributed by atoms with Gasteiger partial charge in [0.2, 0.25) is 0 Å². The number of aliphatic hydroxyl groups is 2. The molecule has 7 heteroatoms. The summed E-state index contributed by atoms with van der Waals surface area (Å²) in [5, 5.41) is 34.2. The first-order valence-corrected chi connectivity index (χ1v) is 11.9. The molecule has 0 saturated heterocycles. The second kappa shape index (κ2) is 10.8. The number of carboxylic acids is 1. The van der Waals surface area contributed by atoms with E-state index in [1.807, 2.05) is 47.0 Å². The van der Waals surface area contributed by atoms with Crippen molar-refractivity contribution in [2.75, 3.05) is 0 Å². The summed E-state index contributed by atoms with van der Waals surface area (Å²) < 4.78 is 15.6. The van der Waals surface area contributed by atoms with Gasteiger partial charge in [-0.3, -0.25) is 4.79 Å². The number of hydrogen-bond donors (Lipinski definition) is 3. The van der Waals surface area contributed by atoms with Crippen LogP contribution in [0.3, 0.4) is 0 Å². The van der Waals surface area contributed by atoms with Gasteiger partial charge in [0.25, 0.3) is 0 Å². The molecule has 4 aromatic rings. The Morgan fingerprint density at radius 1 is 1.00 bits per heavy atom. The molecule has 0 aliphatic heterocycles. The minimum atomic E-state index is -1.16. The highest BCUT2D eigenvalue weighted by molar-refractivity contribution is 5.81. The van der Waals surface area contributed by atoms with E-state index in [1.165, 1.54) is 12.1 Å². The molecule has 2 unspecified atom stereocenters. The Balaban J connectivity index is 1.88.